The number of benzene rings is 2. The molecule has 0 saturated carbocycles. The minimum Gasteiger partial charge on any atom is -0.704 e. The van der Waals surface area contributed by atoms with Gasteiger partial charge in [-0.05, 0) is 49.1 Å². The lowest BCUT2D eigenvalue weighted by Gasteiger charge is -2.16. The summed E-state index contributed by atoms with van der Waals surface area (Å²) in [5.74, 6) is 0.000534. The fourth-order valence-corrected chi connectivity index (χ4v) is 3.73. The summed E-state index contributed by atoms with van der Waals surface area (Å²) in [5, 5.41) is 22.9. The van der Waals surface area contributed by atoms with Gasteiger partial charge in [0.25, 0.3) is 5.84 Å². The molecular weight excluding hydrogens is 440 g/mol. The van der Waals surface area contributed by atoms with Crippen molar-refractivity contribution in [3.63, 3.8) is 0 Å². The number of aliphatic hydroxyl groups excluding tert-OH is 1. The molecule has 0 radical (unpaired) electrons. The molecule has 0 aromatic heterocycles. The minimum absolute atomic E-state index is 0.0241. The molecule has 0 bridgehead atoms. The summed E-state index contributed by atoms with van der Waals surface area (Å²) < 4.78 is 6.27. The molecule has 7 heteroatoms. The van der Waals surface area contributed by atoms with Crippen molar-refractivity contribution in [2.75, 3.05) is 6.61 Å². The summed E-state index contributed by atoms with van der Waals surface area (Å²) in [7, 11) is 0. The number of nitrogens with two attached hydrogens (primary N) is 1. The Morgan fingerprint density at radius 1 is 1.21 bits per heavy atom. The molecule has 150 valence electrons. The molecule has 0 aliphatic heterocycles. The standard InChI is InChI=1S/C21H25BrN2O3S/c1-4-27-13-17-11-16(12-22)9-10-18(17)19-7-5-6-8-20(19)28-24(26)21(23)14(2)15(3)25/h5-11,25H,4,12-13,23H2,1-3H3/b15-14-,24-21+. The van der Waals surface area contributed by atoms with E-state index in [2.05, 4.69) is 34.1 Å². The third-order valence-corrected chi connectivity index (χ3v) is 5.83. The van der Waals surface area contributed by atoms with Crippen LogP contribution in [0.2, 0.25) is 0 Å². The molecule has 0 aliphatic rings. The fraction of sp³-hybridized carbons (Fsp3) is 0.286. The third-order valence-electron chi connectivity index (χ3n) is 4.27. The number of nitrogens with zero attached hydrogens (tertiary/aromatic N) is 1. The van der Waals surface area contributed by atoms with Crippen LogP contribution in [0.15, 0.2) is 58.7 Å². The molecule has 0 heterocycles. The van der Waals surface area contributed by atoms with Crippen molar-refractivity contribution in [2.24, 2.45) is 5.73 Å². The van der Waals surface area contributed by atoms with E-state index in [4.69, 9.17) is 10.5 Å². The number of allylic oxidation sites excluding steroid dienone is 1. The van der Waals surface area contributed by atoms with Gasteiger partial charge in [0.15, 0.2) is 0 Å². The number of hydrogen-bond acceptors (Lipinski definition) is 4. The van der Waals surface area contributed by atoms with Gasteiger partial charge in [-0.3, -0.25) is 5.73 Å². The predicted octanol–water partition coefficient (Wildman–Crippen LogP) is 5.51. The number of amidine groups is 1. The summed E-state index contributed by atoms with van der Waals surface area (Å²) in [6, 6.07) is 13.9. The number of alkyl halides is 1. The van der Waals surface area contributed by atoms with Crippen LogP contribution in [0.3, 0.4) is 0 Å². The zero-order valence-electron chi connectivity index (χ0n) is 16.2. The lowest BCUT2D eigenvalue weighted by molar-refractivity contribution is -0.259. The predicted molar refractivity (Wildman–Crippen MR) is 120 cm³/mol. The van der Waals surface area contributed by atoms with Crippen molar-refractivity contribution in [3.8, 4) is 11.1 Å². The lowest BCUT2D eigenvalue weighted by Crippen LogP contribution is -2.22. The highest BCUT2D eigenvalue weighted by Crippen LogP contribution is 2.35. The zero-order valence-corrected chi connectivity index (χ0v) is 18.6. The van der Waals surface area contributed by atoms with Gasteiger partial charge in [-0.2, -0.15) is 4.14 Å². The average Bonchev–Trinajstić information content (AvgIpc) is 2.71. The summed E-state index contributed by atoms with van der Waals surface area (Å²) in [4.78, 5) is 0.771. The van der Waals surface area contributed by atoms with Crippen molar-refractivity contribution < 1.29 is 14.0 Å². The highest BCUT2D eigenvalue weighted by Gasteiger charge is 2.15. The number of rotatable bonds is 8. The minimum atomic E-state index is -0.0241. The Kier molecular flexibility index (Phi) is 8.41. The van der Waals surface area contributed by atoms with Crippen molar-refractivity contribution in [1.82, 2.24) is 0 Å². The van der Waals surface area contributed by atoms with E-state index in [1.54, 1.807) is 6.92 Å². The molecule has 0 aliphatic carbocycles. The molecule has 0 saturated heterocycles. The topological polar surface area (TPSA) is 81.5 Å². The van der Waals surface area contributed by atoms with Crippen LogP contribution in [0.25, 0.3) is 11.1 Å². The first-order chi connectivity index (χ1) is 13.4. The molecule has 0 unspecified atom stereocenters. The maximum Gasteiger partial charge on any atom is 0.289 e. The Hall–Kier alpha value is -1.96. The Balaban J connectivity index is 2.50. The maximum atomic E-state index is 12.5. The van der Waals surface area contributed by atoms with Gasteiger partial charge < -0.3 is 15.1 Å². The van der Waals surface area contributed by atoms with Gasteiger partial charge in [0.1, 0.15) is 5.76 Å². The number of hydrogen-bond donors (Lipinski definition) is 2. The van der Waals surface area contributed by atoms with Crippen LogP contribution in [0, 0.1) is 5.21 Å². The summed E-state index contributed by atoms with van der Waals surface area (Å²) >= 11 is 4.48. The number of aliphatic hydroxyl groups is 1. The first-order valence-corrected chi connectivity index (χ1v) is 10.8. The Morgan fingerprint density at radius 3 is 2.57 bits per heavy atom. The van der Waals surface area contributed by atoms with E-state index in [1.165, 1.54) is 6.92 Å². The van der Waals surface area contributed by atoms with Crippen LogP contribution in [0.1, 0.15) is 31.9 Å². The highest BCUT2D eigenvalue weighted by atomic mass is 79.9. The molecule has 0 spiro atoms. The molecule has 2 aromatic carbocycles. The van der Waals surface area contributed by atoms with Gasteiger partial charge in [0.05, 0.1) is 29.0 Å². The van der Waals surface area contributed by atoms with E-state index < -0.39 is 0 Å². The summed E-state index contributed by atoms with van der Waals surface area (Å²) in [5.41, 5.74) is 10.4. The van der Waals surface area contributed by atoms with E-state index >= 15 is 0 Å². The lowest BCUT2D eigenvalue weighted by atomic mass is 9.98. The molecule has 0 fully saturated rings. The molecule has 0 amide bonds. The zero-order chi connectivity index (χ0) is 20.7. The van der Waals surface area contributed by atoms with Gasteiger partial charge in [-0.15, -0.1) is 0 Å². The van der Waals surface area contributed by atoms with Gasteiger partial charge in [-0.25, -0.2) is 0 Å². The molecular formula is C21H25BrN2O3S. The monoisotopic (exact) mass is 464 g/mol. The van der Waals surface area contributed by atoms with Gasteiger partial charge in [0, 0.05) is 11.9 Å². The fourth-order valence-electron chi connectivity index (χ4n) is 2.55. The summed E-state index contributed by atoms with van der Waals surface area (Å²) in [6.45, 7) is 6.19. The molecule has 0 atom stereocenters. The second-order valence-electron chi connectivity index (χ2n) is 6.20. The van der Waals surface area contributed by atoms with E-state index in [9.17, 15) is 10.3 Å². The van der Waals surface area contributed by atoms with Crippen molar-refractivity contribution in [3.05, 3.63) is 70.1 Å². The van der Waals surface area contributed by atoms with Crippen LogP contribution >= 0.6 is 27.9 Å². The smallest absolute Gasteiger partial charge is 0.289 e. The second kappa shape index (κ2) is 10.5. The van der Waals surface area contributed by atoms with Gasteiger partial charge in [0.2, 0.25) is 0 Å². The Labute approximate surface area is 178 Å². The second-order valence-corrected chi connectivity index (χ2v) is 7.72. The largest absolute Gasteiger partial charge is 0.704 e. The van der Waals surface area contributed by atoms with Crippen molar-refractivity contribution in [1.29, 1.82) is 0 Å². The van der Waals surface area contributed by atoms with E-state index in [0.29, 0.717) is 22.9 Å². The van der Waals surface area contributed by atoms with E-state index in [0.717, 1.165) is 44.4 Å². The average molecular weight is 465 g/mol. The Morgan fingerprint density at radius 2 is 1.93 bits per heavy atom. The van der Waals surface area contributed by atoms with Crippen molar-refractivity contribution in [2.45, 2.75) is 37.6 Å². The maximum absolute atomic E-state index is 12.5. The first-order valence-electron chi connectivity index (χ1n) is 8.88. The number of ether oxygens (including phenoxy) is 1. The van der Waals surface area contributed by atoms with Gasteiger partial charge in [-0.1, -0.05) is 52.3 Å². The molecule has 28 heavy (non-hydrogen) atoms. The molecule has 2 aromatic rings. The molecule has 3 N–H and O–H groups in total. The van der Waals surface area contributed by atoms with Crippen molar-refractivity contribution >= 4 is 33.7 Å². The Bertz CT molecular complexity index is 893. The summed E-state index contributed by atoms with van der Waals surface area (Å²) in [6.07, 6.45) is 0. The SMILES string of the molecule is CCOCc1cc(CBr)ccc1-c1ccccc1S/[N+]([O-])=C(N)\C(C)=C(\C)O. The van der Waals surface area contributed by atoms with Crippen LogP contribution in [0.4, 0.5) is 0 Å². The van der Waals surface area contributed by atoms with Gasteiger partial charge >= 0.3 is 0 Å². The van der Waals surface area contributed by atoms with E-state index in [1.807, 2.05) is 31.2 Å². The quantitative estimate of drug-likeness (QED) is 0.0785. The van der Waals surface area contributed by atoms with Crippen LogP contribution in [0.5, 0.6) is 0 Å². The normalized spacial score (nSPS) is 13.1. The first kappa shape index (κ1) is 22.3. The third kappa shape index (κ3) is 5.53. The van der Waals surface area contributed by atoms with Crippen LogP contribution in [-0.4, -0.2) is 21.7 Å². The number of halogens is 1. The van der Waals surface area contributed by atoms with Crippen LogP contribution < -0.4 is 5.73 Å². The highest BCUT2D eigenvalue weighted by molar-refractivity contribution is 9.08. The van der Waals surface area contributed by atoms with E-state index in [-0.39, 0.29) is 11.6 Å². The van der Waals surface area contributed by atoms with Crippen LogP contribution in [-0.2, 0) is 16.7 Å². The molecule has 2 rings (SSSR count). The molecule has 5 nitrogen and oxygen atoms in total.